The van der Waals surface area contributed by atoms with Gasteiger partial charge in [0.05, 0.1) is 12.7 Å². The molecular weight excluding hydrogens is 238 g/mol. The molecule has 0 spiro atoms. The summed E-state index contributed by atoms with van der Waals surface area (Å²) in [6.07, 6.45) is 2.93. The minimum Gasteiger partial charge on any atom is -0.496 e. The number of ether oxygens (including phenoxy) is 1. The maximum absolute atomic E-state index is 12.4. The lowest BCUT2D eigenvalue weighted by Gasteiger charge is -2.22. The third-order valence-corrected chi connectivity index (χ3v) is 4.05. The van der Waals surface area contributed by atoms with Gasteiger partial charge in [-0.1, -0.05) is 6.07 Å². The summed E-state index contributed by atoms with van der Waals surface area (Å²) in [4.78, 5) is 12.4. The minimum absolute atomic E-state index is 0.202. The molecule has 19 heavy (non-hydrogen) atoms. The zero-order valence-corrected chi connectivity index (χ0v) is 12.1. The van der Waals surface area contributed by atoms with Crippen LogP contribution in [0.1, 0.15) is 40.7 Å². The molecular formula is C16H23NO2. The first-order valence-electron chi connectivity index (χ1n) is 7.01. The largest absolute Gasteiger partial charge is 0.496 e. The van der Waals surface area contributed by atoms with Gasteiger partial charge in [0.25, 0.3) is 0 Å². The zero-order valence-electron chi connectivity index (χ0n) is 12.1. The topological polar surface area (TPSA) is 38.3 Å². The van der Waals surface area contributed by atoms with E-state index in [1.54, 1.807) is 7.11 Å². The third kappa shape index (κ3) is 3.16. The molecule has 1 aromatic carbocycles. The Morgan fingerprint density at radius 3 is 2.84 bits per heavy atom. The molecule has 1 aromatic rings. The second-order valence-corrected chi connectivity index (χ2v) is 5.43. The van der Waals surface area contributed by atoms with Gasteiger partial charge in [0, 0.05) is 6.42 Å². The smallest absolute Gasteiger partial charge is 0.166 e. The van der Waals surface area contributed by atoms with Crippen molar-refractivity contribution in [2.24, 2.45) is 5.92 Å². The van der Waals surface area contributed by atoms with Gasteiger partial charge in [0.1, 0.15) is 5.75 Å². The van der Waals surface area contributed by atoms with Gasteiger partial charge in [0.2, 0.25) is 0 Å². The molecule has 1 heterocycles. The van der Waals surface area contributed by atoms with E-state index in [9.17, 15) is 4.79 Å². The van der Waals surface area contributed by atoms with Crippen LogP contribution in [0.15, 0.2) is 12.1 Å². The maximum atomic E-state index is 12.4. The monoisotopic (exact) mass is 261 g/mol. The highest BCUT2D eigenvalue weighted by Gasteiger charge is 2.21. The van der Waals surface area contributed by atoms with Crippen LogP contribution in [0.25, 0.3) is 0 Å². The number of aryl methyl sites for hydroxylation is 1. The van der Waals surface area contributed by atoms with Crippen LogP contribution in [0, 0.1) is 19.8 Å². The lowest BCUT2D eigenvalue weighted by molar-refractivity contribution is 0.0950. The van der Waals surface area contributed by atoms with E-state index in [1.807, 2.05) is 26.0 Å². The minimum atomic E-state index is 0.202. The van der Waals surface area contributed by atoms with Gasteiger partial charge >= 0.3 is 0 Å². The van der Waals surface area contributed by atoms with E-state index < -0.39 is 0 Å². The van der Waals surface area contributed by atoms with Crippen molar-refractivity contribution in [1.82, 2.24) is 5.32 Å². The Kier molecular flexibility index (Phi) is 4.59. The van der Waals surface area contributed by atoms with Crippen molar-refractivity contribution in [3.8, 4) is 5.75 Å². The summed E-state index contributed by atoms with van der Waals surface area (Å²) in [6, 6.07) is 3.91. The molecule has 1 N–H and O–H groups in total. The average molecular weight is 261 g/mol. The van der Waals surface area contributed by atoms with Crippen LogP contribution in [-0.2, 0) is 0 Å². The second kappa shape index (κ2) is 6.20. The quantitative estimate of drug-likeness (QED) is 0.847. The molecule has 3 heteroatoms. The number of carbonyl (C=O) groups excluding carboxylic acids is 1. The molecule has 2 rings (SSSR count). The molecule has 1 fully saturated rings. The number of piperidine rings is 1. The van der Waals surface area contributed by atoms with E-state index in [0.717, 1.165) is 42.0 Å². The molecule has 0 amide bonds. The molecule has 1 aliphatic rings. The Balaban J connectivity index is 2.16. The van der Waals surface area contributed by atoms with Crippen LogP contribution >= 0.6 is 0 Å². The van der Waals surface area contributed by atoms with Gasteiger partial charge in [-0.3, -0.25) is 4.79 Å². The van der Waals surface area contributed by atoms with E-state index in [1.165, 1.54) is 6.42 Å². The van der Waals surface area contributed by atoms with Crippen LogP contribution in [0.4, 0.5) is 0 Å². The summed E-state index contributed by atoms with van der Waals surface area (Å²) < 4.78 is 5.43. The molecule has 1 saturated heterocycles. The number of nitrogens with one attached hydrogen (secondary N) is 1. The highest BCUT2D eigenvalue weighted by atomic mass is 16.5. The van der Waals surface area contributed by atoms with Crippen molar-refractivity contribution in [1.29, 1.82) is 0 Å². The first kappa shape index (κ1) is 14.1. The van der Waals surface area contributed by atoms with E-state index in [4.69, 9.17) is 4.74 Å². The molecule has 104 valence electrons. The predicted octanol–water partition coefficient (Wildman–Crippen LogP) is 2.88. The highest BCUT2D eigenvalue weighted by molar-refractivity contribution is 5.99. The normalized spacial score (nSPS) is 19.2. The molecule has 1 unspecified atom stereocenters. The van der Waals surface area contributed by atoms with Gasteiger partial charge < -0.3 is 10.1 Å². The van der Waals surface area contributed by atoms with Crippen LogP contribution in [-0.4, -0.2) is 26.0 Å². The molecule has 0 radical (unpaired) electrons. The highest BCUT2D eigenvalue weighted by Crippen LogP contribution is 2.28. The number of benzene rings is 1. The van der Waals surface area contributed by atoms with E-state index in [-0.39, 0.29) is 5.78 Å². The standard InChI is InChI=1S/C16H23NO2/c1-11-6-7-14(16(19-3)12(11)2)15(18)9-13-5-4-8-17-10-13/h6-7,13,17H,4-5,8-10H2,1-3H3. The lowest BCUT2D eigenvalue weighted by Crippen LogP contribution is -2.31. The van der Waals surface area contributed by atoms with Gasteiger partial charge in [0.15, 0.2) is 5.78 Å². The number of carbonyl (C=O) groups is 1. The lowest BCUT2D eigenvalue weighted by atomic mass is 9.90. The van der Waals surface area contributed by atoms with E-state index in [2.05, 4.69) is 5.32 Å². The number of hydrogen-bond donors (Lipinski definition) is 1. The van der Waals surface area contributed by atoms with Crippen LogP contribution < -0.4 is 10.1 Å². The molecule has 3 nitrogen and oxygen atoms in total. The molecule has 0 aromatic heterocycles. The van der Waals surface area contributed by atoms with E-state index in [0.29, 0.717) is 12.3 Å². The molecule has 0 aliphatic carbocycles. The Labute approximate surface area is 115 Å². The summed E-state index contributed by atoms with van der Waals surface area (Å²) in [6.45, 7) is 6.08. The van der Waals surface area contributed by atoms with Crippen molar-refractivity contribution < 1.29 is 9.53 Å². The Bertz CT molecular complexity index is 462. The zero-order chi connectivity index (χ0) is 13.8. The fraction of sp³-hybridized carbons (Fsp3) is 0.562. The fourth-order valence-electron chi connectivity index (χ4n) is 2.74. The van der Waals surface area contributed by atoms with Gasteiger partial charge in [-0.15, -0.1) is 0 Å². The third-order valence-electron chi connectivity index (χ3n) is 4.05. The van der Waals surface area contributed by atoms with Crippen molar-refractivity contribution in [2.45, 2.75) is 33.1 Å². The summed E-state index contributed by atoms with van der Waals surface area (Å²) >= 11 is 0. The molecule has 1 atom stereocenters. The Morgan fingerprint density at radius 2 is 2.21 bits per heavy atom. The van der Waals surface area contributed by atoms with Crippen molar-refractivity contribution >= 4 is 5.78 Å². The Morgan fingerprint density at radius 1 is 1.42 bits per heavy atom. The number of Topliss-reactive ketones (excluding diaryl/α,β-unsaturated/α-hetero) is 1. The summed E-state index contributed by atoms with van der Waals surface area (Å²) in [5.41, 5.74) is 2.96. The van der Waals surface area contributed by atoms with Gasteiger partial charge in [-0.05, 0) is 62.9 Å². The molecule has 0 bridgehead atoms. The van der Waals surface area contributed by atoms with Gasteiger partial charge in [-0.25, -0.2) is 0 Å². The number of ketones is 1. The second-order valence-electron chi connectivity index (χ2n) is 5.43. The van der Waals surface area contributed by atoms with Crippen molar-refractivity contribution in [3.05, 3.63) is 28.8 Å². The van der Waals surface area contributed by atoms with E-state index >= 15 is 0 Å². The first-order chi connectivity index (χ1) is 9.13. The van der Waals surface area contributed by atoms with Crippen molar-refractivity contribution in [2.75, 3.05) is 20.2 Å². The molecule has 0 saturated carbocycles. The van der Waals surface area contributed by atoms with Crippen LogP contribution in [0.5, 0.6) is 5.75 Å². The van der Waals surface area contributed by atoms with Gasteiger partial charge in [-0.2, -0.15) is 0 Å². The summed E-state index contributed by atoms with van der Waals surface area (Å²) in [5.74, 6) is 1.41. The number of hydrogen-bond acceptors (Lipinski definition) is 3. The summed E-state index contributed by atoms with van der Waals surface area (Å²) in [5, 5.41) is 3.36. The van der Waals surface area contributed by atoms with Crippen molar-refractivity contribution in [3.63, 3.8) is 0 Å². The fourth-order valence-corrected chi connectivity index (χ4v) is 2.74. The average Bonchev–Trinajstić information content (AvgIpc) is 2.42. The predicted molar refractivity (Wildman–Crippen MR) is 77.0 cm³/mol. The van der Waals surface area contributed by atoms with Crippen LogP contribution in [0.2, 0.25) is 0 Å². The number of rotatable bonds is 4. The first-order valence-corrected chi connectivity index (χ1v) is 7.01. The Hall–Kier alpha value is -1.35. The van der Waals surface area contributed by atoms with Crippen LogP contribution in [0.3, 0.4) is 0 Å². The SMILES string of the molecule is COc1c(C(=O)CC2CCCNC2)ccc(C)c1C. The molecule has 1 aliphatic heterocycles. The summed E-state index contributed by atoms with van der Waals surface area (Å²) in [7, 11) is 1.64. The number of methoxy groups -OCH3 is 1. The maximum Gasteiger partial charge on any atom is 0.166 e.